The average molecular weight is 353 g/mol. The summed E-state index contributed by atoms with van der Waals surface area (Å²) < 4.78 is 4.77. The van der Waals surface area contributed by atoms with E-state index in [4.69, 9.17) is 4.74 Å². The van der Waals surface area contributed by atoms with Crippen molar-refractivity contribution in [3.63, 3.8) is 0 Å². The fourth-order valence-electron chi connectivity index (χ4n) is 3.00. The van der Waals surface area contributed by atoms with Gasteiger partial charge in [0.25, 0.3) is 0 Å². The molecule has 26 heavy (non-hydrogen) atoms. The van der Waals surface area contributed by atoms with E-state index < -0.39 is 0 Å². The summed E-state index contributed by atoms with van der Waals surface area (Å²) in [7, 11) is 1.38. The highest BCUT2D eigenvalue weighted by molar-refractivity contribution is 5.90. The van der Waals surface area contributed by atoms with Crippen LogP contribution in [-0.4, -0.2) is 50.2 Å². The summed E-state index contributed by atoms with van der Waals surface area (Å²) in [6, 6.07) is 17.2. The second-order valence-electron chi connectivity index (χ2n) is 6.16. The summed E-state index contributed by atoms with van der Waals surface area (Å²) in [5, 5.41) is 2.96. The van der Waals surface area contributed by atoms with Crippen LogP contribution in [0.4, 0.5) is 10.5 Å². The smallest absolute Gasteiger partial charge is 0.337 e. The Morgan fingerprint density at radius 3 is 2.42 bits per heavy atom. The van der Waals surface area contributed by atoms with Crippen molar-refractivity contribution in [2.24, 2.45) is 0 Å². The Balaban J connectivity index is 1.52. The van der Waals surface area contributed by atoms with Crippen molar-refractivity contribution in [3.8, 4) is 0 Å². The number of rotatable bonds is 4. The summed E-state index contributed by atoms with van der Waals surface area (Å²) in [6.07, 6.45) is 0. The zero-order valence-electron chi connectivity index (χ0n) is 14.9. The lowest BCUT2D eigenvalue weighted by atomic mass is 10.1. The number of anilines is 1. The lowest BCUT2D eigenvalue weighted by molar-refractivity contribution is 0.0600. The van der Waals surface area contributed by atoms with Crippen molar-refractivity contribution in [1.29, 1.82) is 0 Å². The number of methoxy groups -OCH3 is 1. The van der Waals surface area contributed by atoms with Gasteiger partial charge < -0.3 is 19.9 Å². The van der Waals surface area contributed by atoms with E-state index in [1.807, 2.05) is 53.4 Å². The van der Waals surface area contributed by atoms with Crippen LogP contribution in [0.25, 0.3) is 0 Å². The molecule has 0 saturated carbocycles. The molecular weight excluding hydrogens is 330 g/mol. The normalized spacial score (nSPS) is 14.0. The molecule has 1 N–H and O–H groups in total. The van der Waals surface area contributed by atoms with Crippen molar-refractivity contribution in [2.75, 3.05) is 38.2 Å². The van der Waals surface area contributed by atoms with Crippen molar-refractivity contribution in [1.82, 2.24) is 10.2 Å². The van der Waals surface area contributed by atoms with Crippen molar-refractivity contribution in [3.05, 3.63) is 65.7 Å². The van der Waals surface area contributed by atoms with E-state index in [1.54, 1.807) is 6.07 Å². The number of hydrogen-bond donors (Lipinski definition) is 1. The van der Waals surface area contributed by atoms with Gasteiger partial charge in [-0.2, -0.15) is 0 Å². The number of ether oxygens (including phenoxy) is 1. The zero-order valence-corrected chi connectivity index (χ0v) is 14.9. The molecule has 0 spiro atoms. The lowest BCUT2D eigenvalue weighted by Gasteiger charge is -2.36. The van der Waals surface area contributed by atoms with Gasteiger partial charge in [-0.25, -0.2) is 9.59 Å². The molecule has 1 aliphatic heterocycles. The van der Waals surface area contributed by atoms with Crippen molar-refractivity contribution >= 4 is 17.7 Å². The highest BCUT2D eigenvalue weighted by Gasteiger charge is 2.21. The van der Waals surface area contributed by atoms with E-state index in [0.717, 1.165) is 24.3 Å². The van der Waals surface area contributed by atoms with Gasteiger partial charge in [-0.15, -0.1) is 0 Å². The van der Waals surface area contributed by atoms with Gasteiger partial charge in [0.1, 0.15) is 0 Å². The van der Waals surface area contributed by atoms with Crippen LogP contribution in [0.3, 0.4) is 0 Å². The second kappa shape index (κ2) is 8.38. The predicted molar refractivity (Wildman–Crippen MR) is 100 cm³/mol. The zero-order chi connectivity index (χ0) is 18.4. The molecule has 0 unspecified atom stereocenters. The molecule has 1 heterocycles. The third-order valence-electron chi connectivity index (χ3n) is 4.49. The van der Waals surface area contributed by atoms with Gasteiger partial charge in [0, 0.05) is 38.4 Å². The number of nitrogens with one attached hydrogen (secondary N) is 1. The van der Waals surface area contributed by atoms with Crippen LogP contribution in [-0.2, 0) is 11.3 Å². The van der Waals surface area contributed by atoms with Gasteiger partial charge in [-0.1, -0.05) is 36.4 Å². The van der Waals surface area contributed by atoms with Gasteiger partial charge in [-0.3, -0.25) is 0 Å². The van der Waals surface area contributed by atoms with E-state index >= 15 is 0 Å². The molecular formula is C20H23N3O3. The lowest BCUT2D eigenvalue weighted by Crippen LogP contribution is -2.51. The van der Waals surface area contributed by atoms with Crippen LogP contribution in [0, 0.1) is 0 Å². The molecule has 0 aromatic heterocycles. The fraction of sp³-hybridized carbons (Fsp3) is 0.300. The Labute approximate surface area is 153 Å². The minimum Gasteiger partial charge on any atom is -0.465 e. The minimum absolute atomic E-state index is 0.0446. The number of nitrogens with zero attached hydrogens (tertiary/aromatic N) is 2. The first-order chi connectivity index (χ1) is 12.7. The van der Waals surface area contributed by atoms with E-state index in [9.17, 15) is 9.59 Å². The molecule has 0 atom stereocenters. The Kier molecular flexibility index (Phi) is 5.73. The van der Waals surface area contributed by atoms with Crippen molar-refractivity contribution < 1.29 is 14.3 Å². The molecule has 1 fully saturated rings. The fourth-order valence-corrected chi connectivity index (χ4v) is 3.00. The molecule has 2 aromatic rings. The predicted octanol–water partition coefficient (Wildman–Crippen LogP) is 2.51. The maximum atomic E-state index is 12.3. The molecule has 0 bridgehead atoms. The summed E-state index contributed by atoms with van der Waals surface area (Å²) in [6.45, 7) is 3.26. The summed E-state index contributed by atoms with van der Waals surface area (Å²) >= 11 is 0. The maximum absolute atomic E-state index is 12.3. The Morgan fingerprint density at radius 2 is 1.73 bits per heavy atom. The average Bonchev–Trinajstić information content (AvgIpc) is 2.72. The number of amides is 2. The molecule has 2 aromatic carbocycles. The van der Waals surface area contributed by atoms with Gasteiger partial charge in [0.2, 0.25) is 0 Å². The first-order valence-electron chi connectivity index (χ1n) is 8.67. The van der Waals surface area contributed by atoms with Gasteiger partial charge in [0.05, 0.1) is 12.7 Å². The van der Waals surface area contributed by atoms with E-state index in [0.29, 0.717) is 25.2 Å². The number of hydrogen-bond acceptors (Lipinski definition) is 4. The number of esters is 1. The standard InChI is InChI=1S/C20H23N3O3/c1-26-19(24)17-8-5-9-18(14-17)22-10-12-23(13-11-22)20(25)21-15-16-6-3-2-4-7-16/h2-9,14H,10-13,15H2,1H3,(H,21,25). The number of carbonyl (C=O) groups excluding carboxylic acids is 2. The number of carbonyl (C=O) groups is 2. The molecule has 2 amide bonds. The molecule has 136 valence electrons. The Bertz CT molecular complexity index is 756. The Morgan fingerprint density at radius 1 is 1.00 bits per heavy atom. The maximum Gasteiger partial charge on any atom is 0.337 e. The molecule has 1 saturated heterocycles. The Hall–Kier alpha value is -3.02. The number of urea groups is 1. The van der Waals surface area contributed by atoms with Gasteiger partial charge in [-0.05, 0) is 23.8 Å². The SMILES string of the molecule is COC(=O)c1cccc(N2CCN(C(=O)NCc3ccccc3)CC2)c1. The first-order valence-corrected chi connectivity index (χ1v) is 8.67. The molecule has 0 aliphatic carbocycles. The molecule has 3 rings (SSSR count). The number of benzene rings is 2. The monoisotopic (exact) mass is 353 g/mol. The van der Waals surface area contributed by atoms with Crippen molar-refractivity contribution in [2.45, 2.75) is 6.54 Å². The van der Waals surface area contributed by atoms with Gasteiger partial charge in [0.15, 0.2) is 0 Å². The summed E-state index contributed by atoms with van der Waals surface area (Å²) in [5.41, 5.74) is 2.59. The van der Waals surface area contributed by atoms with Crippen LogP contribution >= 0.6 is 0 Å². The minimum atomic E-state index is -0.342. The first kappa shape index (κ1) is 17.8. The molecule has 6 nitrogen and oxygen atoms in total. The molecule has 0 radical (unpaired) electrons. The quantitative estimate of drug-likeness (QED) is 0.858. The summed E-state index contributed by atoms with van der Waals surface area (Å²) in [5.74, 6) is -0.342. The second-order valence-corrected chi connectivity index (χ2v) is 6.16. The van der Waals surface area contributed by atoms with Crippen LogP contribution in [0.1, 0.15) is 15.9 Å². The molecule has 6 heteroatoms. The third kappa shape index (κ3) is 4.33. The van der Waals surface area contributed by atoms with Crippen LogP contribution in [0.5, 0.6) is 0 Å². The highest BCUT2D eigenvalue weighted by atomic mass is 16.5. The van der Waals surface area contributed by atoms with Gasteiger partial charge >= 0.3 is 12.0 Å². The highest BCUT2D eigenvalue weighted by Crippen LogP contribution is 2.18. The topological polar surface area (TPSA) is 61.9 Å². The van der Waals surface area contributed by atoms with E-state index in [2.05, 4.69) is 10.2 Å². The largest absolute Gasteiger partial charge is 0.465 e. The molecule has 1 aliphatic rings. The van der Waals surface area contributed by atoms with Crippen LogP contribution < -0.4 is 10.2 Å². The number of piperazine rings is 1. The van der Waals surface area contributed by atoms with E-state index in [1.165, 1.54) is 7.11 Å². The third-order valence-corrected chi connectivity index (χ3v) is 4.49. The van der Waals surface area contributed by atoms with E-state index in [-0.39, 0.29) is 12.0 Å². The van der Waals surface area contributed by atoms with Crippen LogP contribution in [0.2, 0.25) is 0 Å². The van der Waals surface area contributed by atoms with Crippen LogP contribution in [0.15, 0.2) is 54.6 Å². The summed E-state index contributed by atoms with van der Waals surface area (Å²) in [4.78, 5) is 28.0.